The van der Waals surface area contributed by atoms with Gasteiger partial charge in [0.2, 0.25) is 10.0 Å². The number of aliphatic carboxylic acids is 1. The number of methoxy groups -OCH3 is 2. The average Bonchev–Trinajstić information content (AvgIpc) is 2.45. The van der Waals surface area contributed by atoms with E-state index in [1.165, 1.54) is 33.3 Å². The highest BCUT2D eigenvalue weighted by Crippen LogP contribution is 2.17. The first-order valence-corrected chi connectivity index (χ1v) is 7.66. The van der Waals surface area contributed by atoms with Gasteiger partial charge in [-0.25, -0.2) is 13.2 Å². The lowest BCUT2D eigenvalue weighted by molar-refractivity contribution is -0.138. The number of carboxylic acids is 1. The summed E-state index contributed by atoms with van der Waals surface area (Å²) in [6.45, 7) is 1.28. The Labute approximate surface area is 128 Å². The van der Waals surface area contributed by atoms with E-state index in [1.807, 2.05) is 4.72 Å². The van der Waals surface area contributed by atoms with E-state index in [1.54, 1.807) is 0 Å². The number of carboxylic acid groups (broad SMARTS) is 1. The number of rotatable bonds is 7. The first-order valence-electron chi connectivity index (χ1n) is 6.17. The molecule has 0 fully saturated rings. The van der Waals surface area contributed by atoms with Gasteiger partial charge in [0.1, 0.15) is 6.04 Å². The van der Waals surface area contributed by atoms with E-state index in [4.69, 9.17) is 9.84 Å². The fourth-order valence-electron chi connectivity index (χ4n) is 1.65. The van der Waals surface area contributed by atoms with Crippen LogP contribution in [0.2, 0.25) is 0 Å². The molecule has 0 spiro atoms. The summed E-state index contributed by atoms with van der Waals surface area (Å²) in [5.41, 5.74) is 0.467. The van der Waals surface area contributed by atoms with Crippen molar-refractivity contribution in [3.05, 3.63) is 29.3 Å². The summed E-state index contributed by atoms with van der Waals surface area (Å²) in [7, 11) is -1.51. The highest BCUT2D eigenvalue weighted by atomic mass is 32.2. The largest absolute Gasteiger partial charge is 0.480 e. The molecule has 0 aliphatic heterocycles. The summed E-state index contributed by atoms with van der Waals surface area (Å²) in [4.78, 5) is 22.1. The fourth-order valence-corrected chi connectivity index (χ4v) is 2.94. The van der Waals surface area contributed by atoms with Crippen molar-refractivity contribution < 1.29 is 32.6 Å². The first kappa shape index (κ1) is 18.1. The van der Waals surface area contributed by atoms with E-state index in [0.717, 1.165) is 6.07 Å². The third-order valence-corrected chi connectivity index (χ3v) is 4.23. The SMILES string of the molecule is COCc1cc(C(=O)OC)cc(S(=O)(=O)N[C@@H](C)C(=O)O)c1. The van der Waals surface area contributed by atoms with E-state index in [0.29, 0.717) is 5.56 Å². The quantitative estimate of drug-likeness (QED) is 0.693. The summed E-state index contributed by atoms with van der Waals surface area (Å²) in [5, 5.41) is 8.79. The minimum Gasteiger partial charge on any atom is -0.480 e. The molecule has 1 rings (SSSR count). The van der Waals surface area contributed by atoms with Gasteiger partial charge in [-0.15, -0.1) is 0 Å². The molecule has 122 valence electrons. The average molecular weight is 331 g/mol. The van der Waals surface area contributed by atoms with Crippen LogP contribution in [0.3, 0.4) is 0 Å². The Morgan fingerprint density at radius 1 is 1.27 bits per heavy atom. The molecule has 0 saturated carbocycles. The second-order valence-corrected chi connectivity index (χ2v) is 6.19. The zero-order valence-corrected chi connectivity index (χ0v) is 13.1. The van der Waals surface area contributed by atoms with Crippen molar-refractivity contribution in [1.29, 1.82) is 0 Å². The molecule has 1 aromatic rings. The molecule has 1 atom stereocenters. The topological polar surface area (TPSA) is 119 Å². The number of carbonyl (C=O) groups excluding carboxylic acids is 1. The van der Waals surface area contributed by atoms with Crippen molar-refractivity contribution in [2.45, 2.75) is 24.5 Å². The van der Waals surface area contributed by atoms with Crippen molar-refractivity contribution in [3.63, 3.8) is 0 Å². The lowest BCUT2D eigenvalue weighted by Crippen LogP contribution is -2.38. The van der Waals surface area contributed by atoms with Gasteiger partial charge in [-0.2, -0.15) is 4.72 Å². The third-order valence-electron chi connectivity index (χ3n) is 2.71. The fraction of sp³-hybridized carbons (Fsp3) is 0.385. The maximum atomic E-state index is 12.2. The van der Waals surface area contributed by atoms with Gasteiger partial charge in [0.25, 0.3) is 0 Å². The van der Waals surface area contributed by atoms with Crippen molar-refractivity contribution in [3.8, 4) is 0 Å². The van der Waals surface area contributed by atoms with Crippen LogP contribution in [0.25, 0.3) is 0 Å². The second-order valence-electron chi connectivity index (χ2n) is 4.47. The van der Waals surface area contributed by atoms with Crippen LogP contribution < -0.4 is 4.72 Å². The van der Waals surface area contributed by atoms with Crippen molar-refractivity contribution in [2.24, 2.45) is 0 Å². The third kappa shape index (κ3) is 4.52. The monoisotopic (exact) mass is 331 g/mol. The maximum Gasteiger partial charge on any atom is 0.337 e. The summed E-state index contributed by atoms with van der Waals surface area (Å²) in [5.74, 6) is -2.02. The van der Waals surface area contributed by atoms with Crippen LogP contribution in [0.5, 0.6) is 0 Å². The lowest BCUT2D eigenvalue weighted by Gasteiger charge is -2.12. The van der Waals surface area contributed by atoms with Gasteiger partial charge in [-0.1, -0.05) is 0 Å². The molecular weight excluding hydrogens is 314 g/mol. The first-order chi connectivity index (χ1) is 10.2. The molecule has 0 amide bonds. The van der Waals surface area contributed by atoms with Crippen LogP contribution in [-0.2, 0) is 30.9 Å². The Morgan fingerprint density at radius 3 is 2.41 bits per heavy atom. The van der Waals surface area contributed by atoms with E-state index in [2.05, 4.69) is 4.74 Å². The highest BCUT2D eigenvalue weighted by molar-refractivity contribution is 7.89. The smallest absolute Gasteiger partial charge is 0.337 e. The van der Waals surface area contributed by atoms with Gasteiger partial charge in [-0.3, -0.25) is 4.79 Å². The van der Waals surface area contributed by atoms with Gasteiger partial charge in [0.05, 0.1) is 24.2 Å². The Hall–Kier alpha value is -1.97. The van der Waals surface area contributed by atoms with E-state index >= 15 is 0 Å². The number of hydrogen-bond acceptors (Lipinski definition) is 6. The summed E-state index contributed by atoms with van der Waals surface area (Å²) in [6.07, 6.45) is 0. The zero-order chi connectivity index (χ0) is 16.9. The molecule has 0 bridgehead atoms. The molecule has 0 unspecified atom stereocenters. The molecule has 2 N–H and O–H groups in total. The number of hydrogen-bond donors (Lipinski definition) is 2. The highest BCUT2D eigenvalue weighted by Gasteiger charge is 2.23. The van der Waals surface area contributed by atoms with Gasteiger partial charge in [-0.05, 0) is 30.7 Å². The normalized spacial score (nSPS) is 12.7. The number of esters is 1. The Morgan fingerprint density at radius 2 is 1.91 bits per heavy atom. The van der Waals surface area contributed by atoms with Crippen LogP contribution in [0.4, 0.5) is 0 Å². The van der Waals surface area contributed by atoms with E-state index in [-0.39, 0.29) is 17.1 Å². The predicted molar refractivity (Wildman–Crippen MR) is 75.9 cm³/mol. The maximum absolute atomic E-state index is 12.2. The van der Waals surface area contributed by atoms with Crippen LogP contribution in [0.15, 0.2) is 23.1 Å². The van der Waals surface area contributed by atoms with Gasteiger partial charge >= 0.3 is 11.9 Å². The number of benzene rings is 1. The summed E-state index contributed by atoms with van der Waals surface area (Å²) in [6, 6.07) is 2.54. The number of nitrogens with one attached hydrogen (secondary N) is 1. The minimum absolute atomic E-state index is 0.0282. The Kier molecular flexibility index (Phi) is 6.03. The number of carbonyl (C=O) groups is 2. The minimum atomic E-state index is -4.10. The molecule has 0 aliphatic rings. The van der Waals surface area contributed by atoms with Crippen molar-refractivity contribution >= 4 is 22.0 Å². The zero-order valence-electron chi connectivity index (χ0n) is 12.3. The number of ether oxygens (including phenoxy) is 2. The molecule has 0 heterocycles. The van der Waals surface area contributed by atoms with E-state index < -0.39 is 28.0 Å². The van der Waals surface area contributed by atoms with Crippen LogP contribution in [-0.4, -0.2) is 45.7 Å². The van der Waals surface area contributed by atoms with Gasteiger partial charge < -0.3 is 14.6 Å². The van der Waals surface area contributed by atoms with E-state index in [9.17, 15) is 18.0 Å². The molecule has 1 aromatic carbocycles. The Balaban J connectivity index is 3.29. The van der Waals surface area contributed by atoms with Crippen LogP contribution in [0.1, 0.15) is 22.8 Å². The molecule has 0 saturated heterocycles. The van der Waals surface area contributed by atoms with Crippen LogP contribution >= 0.6 is 0 Å². The summed E-state index contributed by atoms with van der Waals surface area (Å²) >= 11 is 0. The van der Waals surface area contributed by atoms with Crippen LogP contribution in [0, 0.1) is 0 Å². The van der Waals surface area contributed by atoms with Gasteiger partial charge in [0.15, 0.2) is 0 Å². The molecule has 0 aromatic heterocycles. The number of sulfonamides is 1. The molecular formula is C13H17NO7S. The molecule has 0 radical (unpaired) electrons. The summed E-state index contributed by atoms with van der Waals surface area (Å²) < 4.78 is 35.9. The predicted octanol–water partition coefficient (Wildman–Crippen LogP) is 0.371. The van der Waals surface area contributed by atoms with Crippen molar-refractivity contribution in [2.75, 3.05) is 14.2 Å². The Bertz CT molecular complexity index is 669. The second kappa shape index (κ2) is 7.34. The van der Waals surface area contributed by atoms with Gasteiger partial charge in [0, 0.05) is 7.11 Å². The standard InChI is InChI=1S/C13H17NO7S/c1-8(12(15)16)14-22(18,19)11-5-9(7-20-2)4-10(6-11)13(17)21-3/h4-6,8,14H,7H2,1-3H3,(H,15,16)/t8-/m0/s1. The lowest BCUT2D eigenvalue weighted by atomic mass is 10.1. The molecule has 0 aliphatic carbocycles. The molecule has 8 nitrogen and oxygen atoms in total. The molecule has 22 heavy (non-hydrogen) atoms. The van der Waals surface area contributed by atoms with Crippen molar-refractivity contribution in [1.82, 2.24) is 4.72 Å². The molecule has 9 heteroatoms.